The van der Waals surface area contributed by atoms with Crippen LogP contribution in [0.2, 0.25) is 0 Å². The van der Waals surface area contributed by atoms with Gasteiger partial charge in [0.2, 0.25) is 5.24 Å². The fraction of sp³-hybridized carbons (Fsp3) is 0.100. The van der Waals surface area contributed by atoms with Crippen LogP contribution >= 0.6 is 11.6 Å². The van der Waals surface area contributed by atoms with Crippen molar-refractivity contribution in [2.24, 2.45) is 0 Å². The maximum Gasteiger partial charge on any atom is 0.244 e. The second-order valence-corrected chi connectivity index (χ2v) is 3.06. The van der Waals surface area contributed by atoms with Crippen molar-refractivity contribution in [1.82, 2.24) is 0 Å². The summed E-state index contributed by atoms with van der Waals surface area (Å²) >= 11 is 5.06. The minimum atomic E-state index is -0.577. The summed E-state index contributed by atoms with van der Waals surface area (Å²) in [5.41, 5.74) is 0.542. The quantitative estimate of drug-likeness (QED) is 0.620. The molecule has 14 heavy (non-hydrogen) atoms. The molecule has 1 N–H and O–H groups in total. The SMILES string of the molecule is O=C(Cl)C=CCc1ccc(F)cc1O. The van der Waals surface area contributed by atoms with Gasteiger partial charge >= 0.3 is 0 Å². The molecule has 0 aliphatic carbocycles. The van der Waals surface area contributed by atoms with E-state index < -0.39 is 11.1 Å². The van der Waals surface area contributed by atoms with Crippen molar-refractivity contribution < 1.29 is 14.3 Å². The van der Waals surface area contributed by atoms with E-state index in [9.17, 15) is 14.3 Å². The van der Waals surface area contributed by atoms with Gasteiger partial charge in [0.05, 0.1) is 0 Å². The minimum absolute atomic E-state index is 0.128. The first-order chi connectivity index (χ1) is 6.59. The van der Waals surface area contributed by atoms with E-state index in [0.29, 0.717) is 12.0 Å². The highest BCUT2D eigenvalue weighted by Gasteiger charge is 2.00. The van der Waals surface area contributed by atoms with Crippen LogP contribution in [0.4, 0.5) is 4.39 Å². The van der Waals surface area contributed by atoms with E-state index in [4.69, 9.17) is 11.6 Å². The Hall–Kier alpha value is -1.35. The highest BCUT2D eigenvalue weighted by molar-refractivity contribution is 6.66. The second-order valence-electron chi connectivity index (χ2n) is 2.68. The Morgan fingerprint density at radius 2 is 2.29 bits per heavy atom. The largest absolute Gasteiger partial charge is 0.508 e. The van der Waals surface area contributed by atoms with Gasteiger partial charge in [-0.15, -0.1) is 0 Å². The summed E-state index contributed by atoms with van der Waals surface area (Å²) < 4.78 is 12.5. The van der Waals surface area contributed by atoms with Crippen LogP contribution in [0.25, 0.3) is 0 Å². The van der Waals surface area contributed by atoms with Crippen molar-refractivity contribution >= 4 is 16.8 Å². The monoisotopic (exact) mass is 214 g/mol. The van der Waals surface area contributed by atoms with Crippen molar-refractivity contribution in [3.05, 3.63) is 41.7 Å². The van der Waals surface area contributed by atoms with Crippen LogP contribution in [-0.4, -0.2) is 10.3 Å². The number of halogens is 2. The maximum absolute atomic E-state index is 12.5. The number of phenolic OH excluding ortho intramolecular Hbond substituents is 1. The predicted octanol–water partition coefficient (Wildman–Crippen LogP) is 2.40. The molecule has 0 aliphatic rings. The van der Waals surface area contributed by atoms with Crippen LogP contribution in [0.15, 0.2) is 30.4 Å². The van der Waals surface area contributed by atoms with Gasteiger partial charge in [-0.1, -0.05) is 12.1 Å². The normalized spacial score (nSPS) is 10.7. The molecule has 0 saturated heterocycles. The third-order valence-electron chi connectivity index (χ3n) is 1.63. The first-order valence-electron chi connectivity index (χ1n) is 3.93. The van der Waals surface area contributed by atoms with E-state index in [1.807, 2.05) is 0 Å². The fourth-order valence-electron chi connectivity index (χ4n) is 0.988. The van der Waals surface area contributed by atoms with Crippen molar-refractivity contribution in [2.45, 2.75) is 6.42 Å². The van der Waals surface area contributed by atoms with Gasteiger partial charge in [-0.3, -0.25) is 4.79 Å². The van der Waals surface area contributed by atoms with Gasteiger partial charge < -0.3 is 5.11 Å². The molecule has 4 heteroatoms. The second kappa shape index (κ2) is 4.77. The molecule has 0 amide bonds. The minimum Gasteiger partial charge on any atom is -0.508 e. The molecule has 0 fully saturated rings. The first kappa shape index (κ1) is 10.7. The van der Waals surface area contributed by atoms with Crippen molar-refractivity contribution in [1.29, 1.82) is 0 Å². The van der Waals surface area contributed by atoms with Crippen LogP contribution in [0.1, 0.15) is 5.56 Å². The molecule has 1 rings (SSSR count). The van der Waals surface area contributed by atoms with E-state index in [-0.39, 0.29) is 5.75 Å². The first-order valence-corrected chi connectivity index (χ1v) is 4.31. The molecule has 0 spiro atoms. The molecule has 1 aromatic rings. The Bertz CT molecular complexity index is 374. The number of hydrogen-bond donors (Lipinski definition) is 1. The molecule has 0 aliphatic heterocycles. The highest BCUT2D eigenvalue weighted by Crippen LogP contribution is 2.18. The van der Waals surface area contributed by atoms with Crippen LogP contribution < -0.4 is 0 Å². The topological polar surface area (TPSA) is 37.3 Å². The number of carbonyl (C=O) groups excluding carboxylic acids is 1. The van der Waals surface area contributed by atoms with E-state index in [0.717, 1.165) is 6.07 Å². The molecular formula is C10H8ClFO2. The number of benzene rings is 1. The number of rotatable bonds is 3. The van der Waals surface area contributed by atoms with Gasteiger partial charge in [0.25, 0.3) is 0 Å². The molecule has 0 radical (unpaired) electrons. The molecule has 0 heterocycles. The zero-order valence-corrected chi connectivity index (χ0v) is 7.96. The fourth-order valence-corrected chi connectivity index (χ4v) is 1.08. The third-order valence-corrected chi connectivity index (χ3v) is 1.76. The van der Waals surface area contributed by atoms with E-state index >= 15 is 0 Å². The van der Waals surface area contributed by atoms with Crippen molar-refractivity contribution in [3.63, 3.8) is 0 Å². The summed E-state index contributed by atoms with van der Waals surface area (Å²) in [6, 6.07) is 3.71. The third kappa shape index (κ3) is 3.18. The van der Waals surface area contributed by atoms with Gasteiger partial charge in [-0.05, 0) is 35.7 Å². The molecule has 0 unspecified atom stereocenters. The molecule has 74 valence electrons. The highest BCUT2D eigenvalue weighted by atomic mass is 35.5. The van der Waals surface area contributed by atoms with Gasteiger partial charge in [0.1, 0.15) is 11.6 Å². The van der Waals surface area contributed by atoms with Crippen LogP contribution in [0.5, 0.6) is 5.75 Å². The Morgan fingerprint density at radius 1 is 1.57 bits per heavy atom. The lowest BCUT2D eigenvalue weighted by atomic mass is 10.1. The van der Waals surface area contributed by atoms with E-state index in [1.165, 1.54) is 24.3 Å². The molecule has 2 nitrogen and oxygen atoms in total. The molecule has 1 aromatic carbocycles. The zero-order valence-electron chi connectivity index (χ0n) is 7.21. The summed E-state index contributed by atoms with van der Waals surface area (Å²) in [5.74, 6) is -0.625. The number of allylic oxidation sites excluding steroid dienone is 2. The summed E-state index contributed by atoms with van der Waals surface area (Å²) in [7, 11) is 0. The maximum atomic E-state index is 12.5. The van der Waals surface area contributed by atoms with Gasteiger partial charge in [0.15, 0.2) is 0 Å². The predicted molar refractivity (Wildman–Crippen MR) is 51.8 cm³/mol. The summed E-state index contributed by atoms with van der Waals surface area (Å²) in [4.78, 5) is 10.3. The Morgan fingerprint density at radius 3 is 2.86 bits per heavy atom. The van der Waals surface area contributed by atoms with Crippen LogP contribution in [0, 0.1) is 5.82 Å². The van der Waals surface area contributed by atoms with Crippen molar-refractivity contribution in [3.8, 4) is 5.75 Å². The van der Waals surface area contributed by atoms with Crippen molar-refractivity contribution in [2.75, 3.05) is 0 Å². The molecule has 0 aromatic heterocycles. The molecular weight excluding hydrogens is 207 g/mol. The Labute approximate surface area is 85.6 Å². The lowest BCUT2D eigenvalue weighted by molar-refractivity contribution is -0.107. The summed E-state index contributed by atoms with van der Waals surface area (Å²) in [6.07, 6.45) is 3.03. The smallest absolute Gasteiger partial charge is 0.244 e. The van der Waals surface area contributed by atoms with Gasteiger partial charge in [-0.25, -0.2) is 4.39 Å². The summed E-state index contributed by atoms with van der Waals surface area (Å²) in [6.45, 7) is 0. The van der Waals surface area contributed by atoms with Crippen LogP contribution in [-0.2, 0) is 11.2 Å². The average Bonchev–Trinajstić information content (AvgIpc) is 2.08. The van der Waals surface area contributed by atoms with Crippen LogP contribution in [0.3, 0.4) is 0 Å². The number of carbonyl (C=O) groups is 1. The molecule has 0 saturated carbocycles. The molecule has 0 bridgehead atoms. The lowest BCUT2D eigenvalue weighted by Gasteiger charge is -2.00. The van der Waals surface area contributed by atoms with E-state index in [1.54, 1.807) is 0 Å². The summed E-state index contributed by atoms with van der Waals surface area (Å²) in [5, 5.41) is 8.69. The zero-order chi connectivity index (χ0) is 10.6. The van der Waals surface area contributed by atoms with Gasteiger partial charge in [-0.2, -0.15) is 0 Å². The van der Waals surface area contributed by atoms with Gasteiger partial charge in [0, 0.05) is 6.07 Å². The average molecular weight is 215 g/mol. The number of phenols is 1. The number of aromatic hydroxyl groups is 1. The Balaban J connectivity index is 2.73. The lowest BCUT2D eigenvalue weighted by Crippen LogP contribution is -1.85. The van der Waals surface area contributed by atoms with E-state index in [2.05, 4.69) is 0 Å². The Kier molecular flexibility index (Phi) is 3.65. The standard InChI is InChI=1S/C10H8ClFO2/c11-10(14)3-1-2-7-4-5-8(12)6-9(7)13/h1,3-6,13H,2H2. The number of hydrogen-bond acceptors (Lipinski definition) is 2. The molecule has 0 atom stereocenters.